The lowest BCUT2D eigenvalue weighted by Gasteiger charge is -2.17. The second kappa shape index (κ2) is 4.18. The molecule has 0 radical (unpaired) electrons. The first-order chi connectivity index (χ1) is 5.27. The van der Waals surface area contributed by atoms with Crippen LogP contribution in [0.2, 0.25) is 0 Å². The molecule has 0 aliphatic heterocycles. The van der Waals surface area contributed by atoms with E-state index in [1.165, 1.54) is 13.8 Å². The molecule has 0 spiro atoms. The average Bonchev–Trinajstić information content (AvgIpc) is 1.83. The smallest absolute Gasteiger partial charge is 0.276 e. The van der Waals surface area contributed by atoms with Crippen molar-refractivity contribution in [2.45, 2.75) is 26.4 Å². The van der Waals surface area contributed by atoms with Crippen LogP contribution in [-0.2, 0) is 10.2 Å². The molecule has 0 saturated heterocycles. The fraction of sp³-hybridized carbons (Fsp3) is 1.00. The Morgan fingerprint density at radius 3 is 2.17 bits per heavy atom. The van der Waals surface area contributed by atoms with Crippen molar-refractivity contribution >= 4 is 10.2 Å². The summed E-state index contributed by atoms with van der Waals surface area (Å²) in [4.78, 5) is 0. The molecule has 6 heteroatoms. The molecule has 0 fully saturated rings. The highest BCUT2D eigenvalue weighted by Gasteiger charge is 2.16. The van der Waals surface area contributed by atoms with Crippen molar-refractivity contribution < 1.29 is 13.5 Å². The summed E-state index contributed by atoms with van der Waals surface area (Å²) < 4.78 is 26.3. The van der Waals surface area contributed by atoms with Crippen molar-refractivity contribution in [1.29, 1.82) is 0 Å². The highest BCUT2D eigenvalue weighted by atomic mass is 32.2. The van der Waals surface area contributed by atoms with E-state index >= 15 is 0 Å². The fourth-order valence-corrected chi connectivity index (χ4v) is 1.54. The Morgan fingerprint density at radius 2 is 1.83 bits per heavy atom. The van der Waals surface area contributed by atoms with Gasteiger partial charge in [0.1, 0.15) is 0 Å². The molecule has 5 nitrogen and oxygen atoms in total. The molecule has 12 heavy (non-hydrogen) atoms. The first kappa shape index (κ1) is 11.8. The lowest BCUT2D eigenvalue weighted by atomic mass is 10.1. The quantitative estimate of drug-likeness (QED) is 0.538. The molecule has 0 rings (SSSR count). The van der Waals surface area contributed by atoms with Crippen LogP contribution in [0.3, 0.4) is 0 Å². The summed E-state index contributed by atoms with van der Waals surface area (Å²) in [6.45, 7) is 5.08. The second-order valence-electron chi connectivity index (χ2n) is 3.13. The van der Waals surface area contributed by atoms with Crippen molar-refractivity contribution in [3.8, 4) is 0 Å². The summed E-state index contributed by atoms with van der Waals surface area (Å²) in [6.07, 6.45) is 0. The Hall–Kier alpha value is -0.170. The van der Waals surface area contributed by atoms with Crippen LogP contribution in [0.5, 0.6) is 0 Å². The zero-order valence-corrected chi connectivity index (χ0v) is 8.40. The Kier molecular flexibility index (Phi) is 4.12. The molecule has 74 valence electrons. The van der Waals surface area contributed by atoms with Crippen LogP contribution in [-0.4, -0.2) is 32.2 Å². The largest absolute Gasteiger partial charge is 0.389 e. The van der Waals surface area contributed by atoms with Crippen molar-refractivity contribution in [2.75, 3.05) is 13.1 Å². The lowest BCUT2D eigenvalue weighted by molar-refractivity contribution is 0.0856. The van der Waals surface area contributed by atoms with E-state index in [1.807, 2.05) is 0 Å². The van der Waals surface area contributed by atoms with E-state index in [9.17, 15) is 13.5 Å². The van der Waals surface area contributed by atoms with Crippen LogP contribution in [0.15, 0.2) is 0 Å². The minimum atomic E-state index is -3.42. The minimum absolute atomic E-state index is 0.00231. The predicted molar refractivity (Wildman–Crippen MR) is 46.9 cm³/mol. The summed E-state index contributed by atoms with van der Waals surface area (Å²) in [5.41, 5.74) is -1.03. The van der Waals surface area contributed by atoms with Crippen LogP contribution < -0.4 is 9.44 Å². The first-order valence-corrected chi connectivity index (χ1v) is 5.22. The van der Waals surface area contributed by atoms with Crippen LogP contribution in [0, 0.1) is 0 Å². The third kappa shape index (κ3) is 6.53. The SMILES string of the molecule is CCNS(=O)(=O)NCC(C)(C)O. The lowest BCUT2D eigenvalue weighted by Crippen LogP contribution is -2.43. The van der Waals surface area contributed by atoms with Gasteiger partial charge in [-0.1, -0.05) is 6.92 Å². The highest BCUT2D eigenvalue weighted by Crippen LogP contribution is 1.97. The zero-order valence-electron chi connectivity index (χ0n) is 7.59. The van der Waals surface area contributed by atoms with Gasteiger partial charge in [0.25, 0.3) is 10.2 Å². The molecule has 0 aliphatic rings. The summed E-state index contributed by atoms with van der Waals surface area (Å²) >= 11 is 0. The maximum absolute atomic E-state index is 10.9. The van der Waals surface area contributed by atoms with Crippen molar-refractivity contribution in [2.24, 2.45) is 0 Å². The van der Waals surface area contributed by atoms with Crippen molar-refractivity contribution in [3.63, 3.8) is 0 Å². The molecule has 0 unspecified atom stereocenters. The molecule has 0 aromatic carbocycles. The predicted octanol–water partition coefficient (Wildman–Crippen LogP) is -0.799. The Balaban J connectivity index is 3.94. The highest BCUT2D eigenvalue weighted by molar-refractivity contribution is 7.87. The average molecular weight is 196 g/mol. The van der Waals surface area contributed by atoms with E-state index < -0.39 is 15.8 Å². The van der Waals surface area contributed by atoms with Gasteiger partial charge in [-0.15, -0.1) is 0 Å². The second-order valence-corrected chi connectivity index (χ2v) is 4.72. The molecule has 0 heterocycles. The number of hydrogen-bond donors (Lipinski definition) is 3. The summed E-state index contributed by atoms with van der Waals surface area (Å²) in [5, 5.41) is 9.19. The van der Waals surface area contributed by atoms with Crippen LogP contribution in [0.4, 0.5) is 0 Å². The van der Waals surface area contributed by atoms with Gasteiger partial charge in [-0.25, -0.2) is 4.72 Å². The number of hydrogen-bond acceptors (Lipinski definition) is 3. The number of rotatable bonds is 5. The zero-order chi connectivity index (χ0) is 9.83. The molecule has 0 aromatic rings. The van der Waals surface area contributed by atoms with Gasteiger partial charge in [0, 0.05) is 13.1 Å². The molecule has 0 atom stereocenters. The molecular formula is C6H16N2O3S. The van der Waals surface area contributed by atoms with E-state index in [4.69, 9.17) is 0 Å². The van der Waals surface area contributed by atoms with E-state index in [0.29, 0.717) is 6.54 Å². The van der Waals surface area contributed by atoms with Gasteiger partial charge in [-0.3, -0.25) is 0 Å². The Bertz CT molecular complexity index is 217. The molecular weight excluding hydrogens is 180 g/mol. The maximum atomic E-state index is 10.9. The van der Waals surface area contributed by atoms with Crippen molar-refractivity contribution in [3.05, 3.63) is 0 Å². The van der Waals surface area contributed by atoms with Gasteiger partial charge in [0.15, 0.2) is 0 Å². The summed E-state index contributed by atoms with van der Waals surface area (Å²) in [6, 6.07) is 0. The molecule has 3 N–H and O–H groups in total. The summed E-state index contributed by atoms with van der Waals surface area (Å²) in [5.74, 6) is 0. The normalized spacial score (nSPS) is 13.3. The topological polar surface area (TPSA) is 78.4 Å². The van der Waals surface area contributed by atoms with E-state index in [0.717, 1.165) is 0 Å². The monoisotopic (exact) mass is 196 g/mol. The van der Waals surface area contributed by atoms with Crippen LogP contribution in [0.25, 0.3) is 0 Å². The standard InChI is InChI=1S/C6H16N2O3S/c1-4-7-12(10,11)8-5-6(2,3)9/h7-9H,4-5H2,1-3H3. The van der Waals surface area contributed by atoms with Gasteiger partial charge in [-0.05, 0) is 13.8 Å². The maximum Gasteiger partial charge on any atom is 0.276 e. The minimum Gasteiger partial charge on any atom is -0.389 e. The van der Waals surface area contributed by atoms with Gasteiger partial charge in [0.05, 0.1) is 5.60 Å². The molecule has 0 saturated carbocycles. The molecule has 0 aliphatic carbocycles. The van der Waals surface area contributed by atoms with E-state index in [2.05, 4.69) is 9.44 Å². The van der Waals surface area contributed by atoms with Crippen LogP contribution in [0.1, 0.15) is 20.8 Å². The third-order valence-electron chi connectivity index (χ3n) is 1.03. The third-order valence-corrected chi connectivity index (χ3v) is 2.22. The summed E-state index contributed by atoms with van der Waals surface area (Å²) in [7, 11) is -3.42. The van der Waals surface area contributed by atoms with Gasteiger partial charge in [0.2, 0.25) is 0 Å². The first-order valence-electron chi connectivity index (χ1n) is 3.73. The van der Waals surface area contributed by atoms with E-state index in [-0.39, 0.29) is 6.54 Å². The molecule has 0 bridgehead atoms. The van der Waals surface area contributed by atoms with Crippen LogP contribution >= 0.6 is 0 Å². The molecule has 0 aromatic heterocycles. The Morgan fingerprint density at radius 1 is 1.33 bits per heavy atom. The van der Waals surface area contributed by atoms with Gasteiger partial charge < -0.3 is 5.11 Å². The van der Waals surface area contributed by atoms with Gasteiger partial charge >= 0.3 is 0 Å². The van der Waals surface area contributed by atoms with E-state index in [1.54, 1.807) is 6.92 Å². The number of aliphatic hydroxyl groups is 1. The molecule has 0 amide bonds. The number of nitrogens with one attached hydrogen (secondary N) is 2. The Labute approximate surface area is 73.4 Å². The van der Waals surface area contributed by atoms with Crippen molar-refractivity contribution in [1.82, 2.24) is 9.44 Å². The fourth-order valence-electron chi connectivity index (χ4n) is 0.513. The van der Waals surface area contributed by atoms with Gasteiger partial charge in [-0.2, -0.15) is 13.1 Å².